The largest absolute Gasteiger partial charge is 0.423 e. The van der Waals surface area contributed by atoms with Crippen molar-refractivity contribution in [1.29, 1.82) is 0 Å². The summed E-state index contributed by atoms with van der Waals surface area (Å²) in [6.07, 6.45) is 0. The fourth-order valence-electron chi connectivity index (χ4n) is 1.70. The number of oxazole rings is 1. The molecule has 0 unspecified atom stereocenters. The monoisotopic (exact) mass is 293 g/mol. The SMILES string of the molecule is Nc1ccc2oc(Nc3ccc(Cl)cc3Cl)nc2c1. The molecule has 0 aliphatic heterocycles. The first-order chi connectivity index (χ1) is 9.11. The second-order valence-corrected chi connectivity index (χ2v) is 4.84. The van der Waals surface area contributed by atoms with Crippen molar-refractivity contribution < 1.29 is 4.42 Å². The van der Waals surface area contributed by atoms with Crippen LogP contribution in [0.2, 0.25) is 10.0 Å². The number of aromatic nitrogens is 1. The second-order valence-electron chi connectivity index (χ2n) is 4.00. The predicted octanol–water partition coefficient (Wildman–Crippen LogP) is 4.46. The van der Waals surface area contributed by atoms with E-state index in [0.29, 0.717) is 38.5 Å². The molecule has 0 spiro atoms. The van der Waals surface area contributed by atoms with Gasteiger partial charge in [-0.15, -0.1) is 0 Å². The highest BCUT2D eigenvalue weighted by atomic mass is 35.5. The van der Waals surface area contributed by atoms with Crippen LogP contribution >= 0.6 is 23.2 Å². The van der Waals surface area contributed by atoms with E-state index >= 15 is 0 Å². The van der Waals surface area contributed by atoms with Crippen LogP contribution in [-0.2, 0) is 0 Å². The normalized spacial score (nSPS) is 10.8. The second kappa shape index (κ2) is 4.64. The lowest BCUT2D eigenvalue weighted by atomic mass is 10.3. The standard InChI is InChI=1S/C13H9Cl2N3O/c14-7-1-3-10(9(15)5-7)17-13-18-11-6-8(16)2-4-12(11)19-13/h1-6H,16H2,(H,17,18). The minimum absolute atomic E-state index is 0.352. The van der Waals surface area contributed by atoms with E-state index in [9.17, 15) is 0 Å². The molecule has 19 heavy (non-hydrogen) atoms. The van der Waals surface area contributed by atoms with Gasteiger partial charge in [0.1, 0.15) is 5.52 Å². The summed E-state index contributed by atoms with van der Waals surface area (Å²) in [5.41, 5.74) is 8.34. The molecule has 1 heterocycles. The Morgan fingerprint density at radius 2 is 1.95 bits per heavy atom. The molecule has 0 atom stereocenters. The van der Waals surface area contributed by atoms with E-state index in [1.54, 1.807) is 36.4 Å². The lowest BCUT2D eigenvalue weighted by molar-refractivity contribution is 0.623. The van der Waals surface area contributed by atoms with Crippen molar-refractivity contribution in [2.45, 2.75) is 0 Å². The van der Waals surface area contributed by atoms with Gasteiger partial charge < -0.3 is 15.5 Å². The maximum absolute atomic E-state index is 6.07. The number of hydrogen-bond donors (Lipinski definition) is 2. The van der Waals surface area contributed by atoms with Crippen molar-refractivity contribution in [1.82, 2.24) is 4.98 Å². The molecule has 0 aliphatic rings. The van der Waals surface area contributed by atoms with Gasteiger partial charge >= 0.3 is 0 Å². The molecule has 4 nitrogen and oxygen atoms in total. The number of halogens is 2. The van der Waals surface area contributed by atoms with Crippen LogP contribution in [0.5, 0.6) is 0 Å². The minimum atomic E-state index is 0.352. The summed E-state index contributed by atoms with van der Waals surface area (Å²) >= 11 is 11.9. The number of benzene rings is 2. The lowest BCUT2D eigenvalue weighted by Gasteiger charge is -2.03. The first-order valence-electron chi connectivity index (χ1n) is 5.50. The van der Waals surface area contributed by atoms with E-state index in [1.165, 1.54) is 0 Å². The number of rotatable bonds is 2. The van der Waals surface area contributed by atoms with Crippen LogP contribution < -0.4 is 11.1 Å². The van der Waals surface area contributed by atoms with Crippen LogP contribution in [0.15, 0.2) is 40.8 Å². The van der Waals surface area contributed by atoms with Gasteiger partial charge in [-0.1, -0.05) is 23.2 Å². The number of hydrogen-bond acceptors (Lipinski definition) is 4. The summed E-state index contributed by atoms with van der Waals surface area (Å²) < 4.78 is 5.54. The number of nitrogens with two attached hydrogens (primary N) is 1. The van der Waals surface area contributed by atoms with E-state index in [0.717, 1.165) is 0 Å². The molecule has 0 aliphatic carbocycles. The van der Waals surface area contributed by atoms with Gasteiger partial charge in [-0.05, 0) is 36.4 Å². The van der Waals surface area contributed by atoms with Crippen molar-refractivity contribution >= 4 is 51.7 Å². The molecule has 0 bridgehead atoms. The summed E-state index contributed by atoms with van der Waals surface area (Å²) in [4.78, 5) is 4.28. The highest BCUT2D eigenvalue weighted by molar-refractivity contribution is 6.36. The van der Waals surface area contributed by atoms with E-state index in [4.69, 9.17) is 33.4 Å². The Hall–Kier alpha value is -1.91. The molecule has 0 saturated carbocycles. The van der Waals surface area contributed by atoms with Gasteiger partial charge in [-0.2, -0.15) is 4.98 Å². The van der Waals surface area contributed by atoms with Crippen molar-refractivity contribution in [2.24, 2.45) is 0 Å². The molecule has 0 saturated heterocycles. The predicted molar refractivity (Wildman–Crippen MR) is 78.2 cm³/mol. The van der Waals surface area contributed by atoms with Crippen molar-refractivity contribution in [3.63, 3.8) is 0 Å². The van der Waals surface area contributed by atoms with Crippen LogP contribution in [0.3, 0.4) is 0 Å². The third kappa shape index (κ3) is 2.45. The smallest absolute Gasteiger partial charge is 0.300 e. The Balaban J connectivity index is 1.96. The van der Waals surface area contributed by atoms with E-state index in [1.807, 2.05) is 0 Å². The summed E-state index contributed by atoms with van der Waals surface area (Å²) in [6.45, 7) is 0. The summed E-state index contributed by atoms with van der Waals surface area (Å²) in [5.74, 6) is 0. The molecule has 96 valence electrons. The summed E-state index contributed by atoms with van der Waals surface area (Å²) in [5, 5.41) is 4.06. The molecule has 2 aromatic carbocycles. The molecular weight excluding hydrogens is 285 g/mol. The maximum atomic E-state index is 6.07. The Morgan fingerprint density at radius 1 is 1.11 bits per heavy atom. The number of nitrogens with one attached hydrogen (secondary N) is 1. The van der Waals surface area contributed by atoms with Crippen molar-refractivity contribution in [3.05, 3.63) is 46.4 Å². The van der Waals surface area contributed by atoms with Crippen LogP contribution in [0, 0.1) is 0 Å². The van der Waals surface area contributed by atoms with Crippen molar-refractivity contribution in [2.75, 3.05) is 11.1 Å². The molecule has 3 aromatic rings. The fraction of sp³-hybridized carbons (Fsp3) is 0. The number of anilines is 3. The highest BCUT2D eigenvalue weighted by Gasteiger charge is 2.08. The van der Waals surface area contributed by atoms with Crippen LogP contribution in [0.4, 0.5) is 17.4 Å². The molecular formula is C13H9Cl2N3O. The first kappa shape index (κ1) is 12.1. The number of nitrogens with zero attached hydrogens (tertiary/aromatic N) is 1. The van der Waals surface area contributed by atoms with Crippen LogP contribution in [0.25, 0.3) is 11.1 Å². The number of nitrogen functional groups attached to an aromatic ring is 1. The number of fused-ring (bicyclic) bond motifs is 1. The van der Waals surface area contributed by atoms with E-state index < -0.39 is 0 Å². The molecule has 1 aromatic heterocycles. The minimum Gasteiger partial charge on any atom is -0.423 e. The van der Waals surface area contributed by atoms with Gasteiger partial charge in [-0.3, -0.25) is 0 Å². The molecule has 0 radical (unpaired) electrons. The molecule has 6 heteroatoms. The molecule has 0 fully saturated rings. The van der Waals surface area contributed by atoms with E-state index in [2.05, 4.69) is 10.3 Å². The Morgan fingerprint density at radius 3 is 2.74 bits per heavy atom. The van der Waals surface area contributed by atoms with Crippen molar-refractivity contribution in [3.8, 4) is 0 Å². The zero-order chi connectivity index (χ0) is 13.4. The zero-order valence-corrected chi connectivity index (χ0v) is 11.2. The van der Waals surface area contributed by atoms with Gasteiger partial charge in [0.25, 0.3) is 6.01 Å². The molecule has 3 N–H and O–H groups in total. The third-order valence-electron chi connectivity index (χ3n) is 2.58. The molecule has 3 rings (SSSR count). The Kier molecular flexibility index (Phi) is 2.97. The van der Waals surface area contributed by atoms with Gasteiger partial charge in [0.2, 0.25) is 0 Å². The summed E-state index contributed by atoms with van der Waals surface area (Å²) in [6, 6.07) is 10.8. The van der Waals surface area contributed by atoms with Crippen LogP contribution in [-0.4, -0.2) is 4.98 Å². The van der Waals surface area contributed by atoms with Crippen LogP contribution in [0.1, 0.15) is 0 Å². The average molecular weight is 294 g/mol. The lowest BCUT2D eigenvalue weighted by Crippen LogP contribution is -1.90. The molecule has 0 amide bonds. The summed E-state index contributed by atoms with van der Waals surface area (Å²) in [7, 11) is 0. The average Bonchev–Trinajstić information content (AvgIpc) is 2.74. The highest BCUT2D eigenvalue weighted by Crippen LogP contribution is 2.29. The van der Waals surface area contributed by atoms with Gasteiger partial charge in [-0.25, -0.2) is 0 Å². The zero-order valence-electron chi connectivity index (χ0n) is 9.65. The van der Waals surface area contributed by atoms with Gasteiger partial charge in [0, 0.05) is 10.7 Å². The quantitative estimate of drug-likeness (QED) is 0.685. The van der Waals surface area contributed by atoms with Gasteiger partial charge in [0.05, 0.1) is 10.7 Å². The Bertz CT molecular complexity index is 755. The van der Waals surface area contributed by atoms with Gasteiger partial charge in [0.15, 0.2) is 5.58 Å². The topological polar surface area (TPSA) is 64.1 Å². The maximum Gasteiger partial charge on any atom is 0.300 e. The Labute approximate surface area is 119 Å². The third-order valence-corrected chi connectivity index (χ3v) is 3.13. The first-order valence-corrected chi connectivity index (χ1v) is 6.25. The van der Waals surface area contributed by atoms with E-state index in [-0.39, 0.29) is 0 Å². The fourth-order valence-corrected chi connectivity index (χ4v) is 2.16.